The van der Waals surface area contributed by atoms with E-state index in [0.717, 1.165) is 10.1 Å². The molecule has 0 aromatic rings. The van der Waals surface area contributed by atoms with Crippen molar-refractivity contribution < 1.29 is 21.4 Å². The van der Waals surface area contributed by atoms with E-state index in [-0.39, 0.29) is 8.41 Å². The zero-order valence-corrected chi connectivity index (χ0v) is 20.3. The van der Waals surface area contributed by atoms with Gasteiger partial charge in [-0.05, 0) is 0 Å². The normalized spacial score (nSPS) is 27.4. The Morgan fingerprint density at radius 3 is 2.48 bits per heavy atom. The van der Waals surface area contributed by atoms with Crippen LogP contribution >= 0.6 is 0 Å². The summed E-state index contributed by atoms with van der Waals surface area (Å²) in [5.41, 5.74) is 8.76. The molecule has 0 heterocycles. The Balaban J connectivity index is 2.17. The maximum absolute atomic E-state index is 2.63. The second kappa shape index (κ2) is 7.04. The van der Waals surface area contributed by atoms with Crippen molar-refractivity contribution in [2.24, 2.45) is 5.92 Å². The van der Waals surface area contributed by atoms with Gasteiger partial charge in [-0.15, -0.1) is 0 Å². The summed E-state index contributed by atoms with van der Waals surface area (Å²) < 4.78 is 6.16. The Hall–Kier alpha value is -0.0830. The molecule has 123 valence electrons. The van der Waals surface area contributed by atoms with Gasteiger partial charge in [0.1, 0.15) is 0 Å². The van der Waals surface area contributed by atoms with E-state index in [0.29, 0.717) is 5.92 Å². The Morgan fingerprint density at radius 1 is 1.17 bits per heavy atom. The molecular weight excluding hydrogens is 459 g/mol. The molecule has 0 amide bonds. The number of hydrogen-bond donors (Lipinski definition) is 0. The van der Waals surface area contributed by atoms with Crippen molar-refractivity contribution >= 4 is 13.6 Å². The molecule has 0 spiro atoms. The standard InChI is InChI=1S/C19H25Si.2CH3.Hf/c1-13-12-16-10-7-11-17(20(3)4)14(2)19(16)18(13)15-8-5-6-9-15;;;/h5-6,8,12,14H,7,9-11H2,1-4H3;2*1H3;. The molecular formula is C21H31HfSi. The average Bonchev–Trinajstić information content (AvgIpc) is 3.04. The summed E-state index contributed by atoms with van der Waals surface area (Å²) in [5.74, 6) is 0.707. The van der Waals surface area contributed by atoms with Gasteiger partial charge in [0, 0.05) is 0 Å². The van der Waals surface area contributed by atoms with Crippen molar-refractivity contribution in [3.8, 4) is 0 Å². The molecule has 0 aromatic heterocycles. The van der Waals surface area contributed by atoms with Crippen molar-refractivity contribution in [1.82, 2.24) is 0 Å². The minimum absolute atomic E-state index is 0.303. The number of allylic oxidation sites excluding steroid dienone is 8. The first kappa shape index (κ1) is 17.7. The number of rotatable bonds is 2. The van der Waals surface area contributed by atoms with Crippen molar-refractivity contribution in [3.63, 3.8) is 0 Å². The predicted molar refractivity (Wildman–Crippen MR) is 103 cm³/mol. The van der Waals surface area contributed by atoms with E-state index in [1.165, 1.54) is 19.3 Å². The fraction of sp³-hybridized carbons (Fsp3) is 0.571. The Kier molecular flexibility index (Phi) is 5.42. The Morgan fingerprint density at radius 2 is 1.91 bits per heavy atom. The van der Waals surface area contributed by atoms with E-state index in [9.17, 15) is 0 Å². The Labute approximate surface area is 152 Å². The van der Waals surface area contributed by atoms with Crippen LogP contribution in [-0.4, -0.2) is 13.6 Å². The van der Waals surface area contributed by atoms with Crippen LogP contribution in [0.25, 0.3) is 0 Å². The zero-order chi connectivity index (χ0) is 16.7. The van der Waals surface area contributed by atoms with Gasteiger partial charge in [-0.25, -0.2) is 0 Å². The van der Waals surface area contributed by atoms with E-state index >= 15 is 0 Å². The van der Waals surface area contributed by atoms with E-state index in [1.807, 2.05) is 10.7 Å². The van der Waals surface area contributed by atoms with E-state index in [2.05, 4.69) is 54.5 Å². The second-order valence-electron chi connectivity index (χ2n) is 7.93. The van der Waals surface area contributed by atoms with Crippen molar-refractivity contribution in [3.05, 3.63) is 46.1 Å². The first-order valence-electron chi connectivity index (χ1n) is 9.19. The molecule has 0 fully saturated rings. The molecule has 2 atom stereocenters. The molecule has 3 aliphatic carbocycles. The van der Waals surface area contributed by atoms with Gasteiger partial charge < -0.3 is 0 Å². The van der Waals surface area contributed by atoms with Gasteiger partial charge in [0.05, 0.1) is 0 Å². The molecule has 0 N–H and O–H groups in total. The van der Waals surface area contributed by atoms with E-state index in [4.69, 9.17) is 0 Å². The van der Waals surface area contributed by atoms with Gasteiger partial charge in [0.2, 0.25) is 0 Å². The summed E-state index contributed by atoms with van der Waals surface area (Å²) in [5, 5.41) is 1.90. The second-order valence-corrected chi connectivity index (χ2v) is 20.4. The van der Waals surface area contributed by atoms with Crippen LogP contribution in [0.4, 0.5) is 0 Å². The minimum atomic E-state index is -1.48. The predicted octanol–water partition coefficient (Wildman–Crippen LogP) is 6.33. The fourth-order valence-electron chi connectivity index (χ4n) is 5.09. The van der Waals surface area contributed by atoms with Gasteiger partial charge in [0.15, 0.2) is 0 Å². The fourth-order valence-corrected chi connectivity index (χ4v) is 14.0. The van der Waals surface area contributed by atoms with Crippen LogP contribution in [0.2, 0.25) is 26.1 Å². The third-order valence-electron chi connectivity index (χ3n) is 5.95. The maximum atomic E-state index is 2.63. The van der Waals surface area contributed by atoms with Crippen LogP contribution in [0.1, 0.15) is 39.5 Å². The molecule has 2 unspecified atom stereocenters. The quantitative estimate of drug-likeness (QED) is 0.397. The van der Waals surface area contributed by atoms with Crippen LogP contribution in [-0.2, 0) is 21.4 Å². The van der Waals surface area contributed by atoms with Crippen LogP contribution in [0.5, 0.6) is 0 Å². The third kappa shape index (κ3) is 3.10. The van der Waals surface area contributed by atoms with E-state index < -0.39 is 21.4 Å². The molecule has 0 aromatic carbocycles. The van der Waals surface area contributed by atoms with E-state index in [1.54, 1.807) is 22.3 Å². The first-order valence-corrected chi connectivity index (χ1v) is 21.0. The summed E-state index contributed by atoms with van der Waals surface area (Å²) in [6, 6.07) is 0. The summed E-state index contributed by atoms with van der Waals surface area (Å²) >= 11 is -1.48. The van der Waals surface area contributed by atoms with Gasteiger partial charge in [0.25, 0.3) is 0 Å². The zero-order valence-electron chi connectivity index (χ0n) is 15.7. The molecule has 2 heteroatoms. The molecule has 0 saturated heterocycles. The third-order valence-corrected chi connectivity index (χ3v) is 14.9. The Bertz CT molecular complexity index is 666. The summed E-state index contributed by atoms with van der Waals surface area (Å²) in [4.78, 5) is 0. The SMILES string of the molecule is CC1=C(C2=CC=CC2)C2=C(CCCC(=[Si](C)C)C2C)[CH]1[Hf]([CH3])[CH3]. The number of hydrogen-bond acceptors (Lipinski definition) is 0. The molecule has 0 aliphatic heterocycles. The summed E-state index contributed by atoms with van der Waals surface area (Å²) in [6.45, 7) is 10.0. The van der Waals surface area contributed by atoms with Gasteiger partial charge in [-0.3, -0.25) is 0 Å². The molecule has 3 rings (SSSR count). The van der Waals surface area contributed by atoms with Crippen molar-refractivity contribution in [1.29, 1.82) is 0 Å². The molecule has 23 heavy (non-hydrogen) atoms. The molecule has 0 radical (unpaired) electrons. The first-order chi connectivity index (χ1) is 10.9. The van der Waals surface area contributed by atoms with Crippen LogP contribution < -0.4 is 0 Å². The van der Waals surface area contributed by atoms with Gasteiger partial charge >= 0.3 is 153 Å². The van der Waals surface area contributed by atoms with Gasteiger partial charge in [-0.2, -0.15) is 0 Å². The van der Waals surface area contributed by atoms with Crippen molar-refractivity contribution in [2.45, 2.75) is 65.7 Å². The monoisotopic (exact) mass is 491 g/mol. The topological polar surface area (TPSA) is 0 Å². The van der Waals surface area contributed by atoms with Crippen LogP contribution in [0.3, 0.4) is 0 Å². The van der Waals surface area contributed by atoms with Crippen LogP contribution in [0, 0.1) is 5.92 Å². The van der Waals surface area contributed by atoms with Crippen LogP contribution in [0.15, 0.2) is 46.1 Å². The van der Waals surface area contributed by atoms with Crippen molar-refractivity contribution in [2.75, 3.05) is 0 Å². The molecule has 0 nitrogen and oxygen atoms in total. The summed E-state index contributed by atoms with van der Waals surface area (Å²) in [6.07, 6.45) is 12.3. The van der Waals surface area contributed by atoms with Gasteiger partial charge in [-0.1, -0.05) is 0 Å². The summed E-state index contributed by atoms with van der Waals surface area (Å²) in [7, 11) is -0.303. The average molecular weight is 490 g/mol. The molecule has 0 bridgehead atoms. The molecule has 3 aliphatic rings. The molecule has 0 saturated carbocycles.